The predicted octanol–water partition coefficient (Wildman–Crippen LogP) is 3.98. The summed E-state index contributed by atoms with van der Waals surface area (Å²) in [6.45, 7) is 3.92. The van der Waals surface area contributed by atoms with Crippen LogP contribution in [0.15, 0.2) is 71.6 Å². The van der Waals surface area contributed by atoms with Crippen molar-refractivity contribution in [2.75, 3.05) is 24.1 Å². The van der Waals surface area contributed by atoms with Crippen molar-refractivity contribution >= 4 is 21.6 Å². The molecular weight excluding hydrogens is 459 g/mol. The fraction of sp³-hybridized carbons (Fsp3) is 0.240. The van der Waals surface area contributed by atoms with Gasteiger partial charge in [0.25, 0.3) is 10.0 Å². The maximum absolute atomic E-state index is 14.6. The van der Waals surface area contributed by atoms with Gasteiger partial charge in [-0.05, 0) is 55.8 Å². The van der Waals surface area contributed by atoms with Crippen molar-refractivity contribution in [3.63, 3.8) is 0 Å². The fourth-order valence-corrected chi connectivity index (χ4v) is 5.05. The van der Waals surface area contributed by atoms with Gasteiger partial charge in [-0.3, -0.25) is 9.10 Å². The molecule has 0 radical (unpaired) electrons. The van der Waals surface area contributed by atoms with Gasteiger partial charge in [-0.25, -0.2) is 12.8 Å². The third kappa shape index (κ3) is 4.99. The van der Waals surface area contributed by atoms with Crippen molar-refractivity contribution in [2.45, 2.75) is 24.8 Å². The molecule has 1 amide bonds. The second-order valence-electron chi connectivity index (χ2n) is 7.97. The van der Waals surface area contributed by atoms with E-state index >= 15 is 0 Å². The summed E-state index contributed by atoms with van der Waals surface area (Å²) < 4.78 is 53.3. The van der Waals surface area contributed by atoms with Crippen molar-refractivity contribution in [3.05, 3.63) is 83.7 Å². The Morgan fingerprint density at radius 1 is 1.03 bits per heavy atom. The number of rotatable bonds is 7. The SMILES string of the molecule is Cc1ccc(S(=O)(=O)N(CC(=O)NC(C)c2ccc3c(c2)OCCO3)c2ccccc2F)cc1. The number of anilines is 1. The molecular formula is C25H25FN2O5S. The van der Waals surface area contributed by atoms with Gasteiger partial charge < -0.3 is 14.8 Å². The third-order valence-electron chi connectivity index (χ3n) is 5.46. The smallest absolute Gasteiger partial charge is 0.264 e. The van der Waals surface area contributed by atoms with E-state index in [9.17, 15) is 17.6 Å². The number of nitrogens with one attached hydrogen (secondary N) is 1. The average Bonchev–Trinajstić information content (AvgIpc) is 2.83. The van der Waals surface area contributed by atoms with E-state index in [1.165, 1.54) is 30.3 Å². The molecule has 34 heavy (non-hydrogen) atoms. The first-order valence-corrected chi connectivity index (χ1v) is 12.2. The number of carbonyl (C=O) groups excluding carboxylic acids is 1. The summed E-state index contributed by atoms with van der Waals surface area (Å²) >= 11 is 0. The Balaban J connectivity index is 1.58. The Kier molecular flexibility index (Phi) is 6.74. The van der Waals surface area contributed by atoms with Crippen LogP contribution in [0.5, 0.6) is 11.5 Å². The number of sulfonamides is 1. The van der Waals surface area contributed by atoms with Crippen LogP contribution in [0.4, 0.5) is 10.1 Å². The lowest BCUT2D eigenvalue weighted by Crippen LogP contribution is -2.42. The molecule has 0 saturated heterocycles. The van der Waals surface area contributed by atoms with E-state index in [0.717, 1.165) is 21.5 Å². The van der Waals surface area contributed by atoms with Crippen LogP contribution in [0.3, 0.4) is 0 Å². The highest BCUT2D eigenvalue weighted by Gasteiger charge is 2.29. The molecule has 1 N–H and O–H groups in total. The zero-order chi connectivity index (χ0) is 24.3. The number of ether oxygens (including phenoxy) is 2. The van der Waals surface area contributed by atoms with Gasteiger partial charge in [-0.1, -0.05) is 35.9 Å². The van der Waals surface area contributed by atoms with Crippen molar-refractivity contribution < 1.29 is 27.1 Å². The molecule has 0 aromatic heterocycles. The summed E-state index contributed by atoms with van der Waals surface area (Å²) in [6, 6.07) is 16.5. The Labute approximate surface area is 198 Å². The van der Waals surface area contributed by atoms with E-state index in [4.69, 9.17) is 9.47 Å². The number of benzene rings is 3. The topological polar surface area (TPSA) is 84.9 Å². The largest absolute Gasteiger partial charge is 0.486 e. The van der Waals surface area contributed by atoms with Gasteiger partial charge in [-0.2, -0.15) is 0 Å². The predicted molar refractivity (Wildman–Crippen MR) is 126 cm³/mol. The van der Waals surface area contributed by atoms with Crippen molar-refractivity contribution in [1.82, 2.24) is 5.32 Å². The minimum atomic E-state index is -4.20. The molecule has 1 atom stereocenters. The number of aryl methyl sites for hydroxylation is 1. The second kappa shape index (κ2) is 9.72. The first-order valence-electron chi connectivity index (χ1n) is 10.8. The third-order valence-corrected chi connectivity index (χ3v) is 7.24. The number of amides is 1. The van der Waals surface area contributed by atoms with E-state index in [2.05, 4.69) is 5.32 Å². The molecule has 1 aliphatic heterocycles. The number of hydrogen-bond donors (Lipinski definition) is 1. The summed E-state index contributed by atoms with van der Waals surface area (Å²) in [5.74, 6) is -0.115. The van der Waals surface area contributed by atoms with Crippen molar-refractivity contribution in [1.29, 1.82) is 0 Å². The maximum atomic E-state index is 14.6. The minimum Gasteiger partial charge on any atom is -0.486 e. The molecule has 0 aliphatic carbocycles. The number of para-hydroxylation sites is 1. The molecule has 7 nitrogen and oxygen atoms in total. The second-order valence-corrected chi connectivity index (χ2v) is 9.83. The monoisotopic (exact) mass is 484 g/mol. The van der Waals surface area contributed by atoms with Crippen LogP contribution in [0.2, 0.25) is 0 Å². The van der Waals surface area contributed by atoms with Gasteiger partial charge in [0, 0.05) is 0 Å². The zero-order valence-corrected chi connectivity index (χ0v) is 19.6. The summed E-state index contributed by atoms with van der Waals surface area (Å²) in [4.78, 5) is 12.9. The Morgan fingerprint density at radius 3 is 2.41 bits per heavy atom. The van der Waals surface area contributed by atoms with Crippen LogP contribution < -0.4 is 19.1 Å². The molecule has 1 heterocycles. The van der Waals surface area contributed by atoms with Gasteiger partial charge >= 0.3 is 0 Å². The standard InChI is InChI=1S/C25H25FN2O5S/c1-17-7-10-20(11-8-17)34(30,31)28(22-6-4-3-5-21(22)26)16-25(29)27-18(2)19-9-12-23-24(15-19)33-14-13-32-23/h3-12,15,18H,13-14,16H2,1-2H3,(H,27,29). The van der Waals surface area contributed by atoms with Crippen LogP contribution in [0.1, 0.15) is 24.1 Å². The number of fused-ring (bicyclic) bond motifs is 1. The van der Waals surface area contributed by atoms with Gasteiger partial charge in [-0.15, -0.1) is 0 Å². The van der Waals surface area contributed by atoms with Gasteiger partial charge in [0.15, 0.2) is 11.5 Å². The molecule has 0 bridgehead atoms. The fourth-order valence-electron chi connectivity index (χ4n) is 3.62. The van der Waals surface area contributed by atoms with Crippen LogP contribution in [0.25, 0.3) is 0 Å². The molecule has 3 aromatic carbocycles. The Hall–Kier alpha value is -3.59. The van der Waals surface area contributed by atoms with Crippen LogP contribution in [0, 0.1) is 12.7 Å². The van der Waals surface area contributed by atoms with Gasteiger partial charge in [0.1, 0.15) is 25.6 Å². The highest BCUT2D eigenvalue weighted by atomic mass is 32.2. The molecule has 3 aromatic rings. The van der Waals surface area contributed by atoms with E-state index in [-0.39, 0.29) is 10.6 Å². The lowest BCUT2D eigenvalue weighted by atomic mass is 10.1. The number of halogens is 1. The quantitative estimate of drug-likeness (QED) is 0.549. The first-order chi connectivity index (χ1) is 16.3. The number of hydrogen-bond acceptors (Lipinski definition) is 5. The van der Waals surface area contributed by atoms with E-state index in [1.807, 2.05) is 6.92 Å². The molecule has 4 rings (SSSR count). The summed E-state index contributed by atoms with van der Waals surface area (Å²) in [6.07, 6.45) is 0. The molecule has 178 valence electrons. The molecule has 0 fully saturated rings. The van der Waals surface area contributed by atoms with Crippen molar-refractivity contribution in [2.24, 2.45) is 0 Å². The molecule has 9 heteroatoms. The molecule has 1 aliphatic rings. The molecule has 0 spiro atoms. The first kappa shape index (κ1) is 23.6. The Morgan fingerprint density at radius 2 is 1.71 bits per heavy atom. The van der Waals surface area contributed by atoms with Crippen LogP contribution in [-0.2, 0) is 14.8 Å². The summed E-state index contributed by atoms with van der Waals surface area (Å²) in [5.41, 5.74) is 1.43. The zero-order valence-electron chi connectivity index (χ0n) is 18.8. The van der Waals surface area contributed by atoms with E-state index < -0.39 is 34.3 Å². The maximum Gasteiger partial charge on any atom is 0.264 e. The number of carbonyl (C=O) groups is 1. The van der Waals surface area contributed by atoms with Crippen LogP contribution >= 0.6 is 0 Å². The highest BCUT2D eigenvalue weighted by molar-refractivity contribution is 7.92. The summed E-state index contributed by atoms with van der Waals surface area (Å²) in [7, 11) is -4.20. The lowest BCUT2D eigenvalue weighted by molar-refractivity contribution is -0.120. The Bertz CT molecular complexity index is 1290. The van der Waals surface area contributed by atoms with Crippen LogP contribution in [-0.4, -0.2) is 34.1 Å². The lowest BCUT2D eigenvalue weighted by Gasteiger charge is -2.26. The molecule has 0 saturated carbocycles. The summed E-state index contributed by atoms with van der Waals surface area (Å²) in [5, 5.41) is 2.79. The number of nitrogens with zero attached hydrogens (tertiary/aromatic N) is 1. The normalized spacial score (nSPS) is 13.7. The highest BCUT2D eigenvalue weighted by Crippen LogP contribution is 2.32. The van der Waals surface area contributed by atoms with E-state index in [1.54, 1.807) is 37.3 Å². The van der Waals surface area contributed by atoms with E-state index in [0.29, 0.717) is 24.7 Å². The molecule has 1 unspecified atom stereocenters. The minimum absolute atomic E-state index is 0.0333. The van der Waals surface area contributed by atoms with Gasteiger partial charge in [0.05, 0.1) is 16.6 Å². The average molecular weight is 485 g/mol. The van der Waals surface area contributed by atoms with Crippen molar-refractivity contribution in [3.8, 4) is 11.5 Å². The van der Waals surface area contributed by atoms with Gasteiger partial charge in [0.2, 0.25) is 5.91 Å².